The van der Waals surface area contributed by atoms with E-state index in [0.29, 0.717) is 10.8 Å². The molecule has 0 aromatic carbocycles. The number of halogens is 3. The minimum atomic E-state index is 0.146. The van der Waals surface area contributed by atoms with Gasteiger partial charge in [0, 0.05) is 6.20 Å². The van der Waals surface area contributed by atoms with Crippen LogP contribution in [0.4, 0.5) is 0 Å². The van der Waals surface area contributed by atoms with Crippen LogP contribution in [0.25, 0.3) is 0 Å². The fourth-order valence-corrected chi connectivity index (χ4v) is 1.71. The fourth-order valence-electron chi connectivity index (χ4n) is 1.18. The number of pyridine rings is 2. The molecule has 0 saturated heterocycles. The summed E-state index contributed by atoms with van der Waals surface area (Å²) < 4.78 is 5.53. The first-order valence-electron chi connectivity index (χ1n) is 4.69. The molecule has 0 bridgehead atoms. The van der Waals surface area contributed by atoms with Crippen molar-refractivity contribution >= 4 is 34.8 Å². The molecule has 0 saturated carbocycles. The van der Waals surface area contributed by atoms with Gasteiger partial charge in [0.25, 0.3) is 0 Å². The molecule has 6 heteroatoms. The maximum atomic E-state index is 5.95. The summed E-state index contributed by atoms with van der Waals surface area (Å²) in [4.78, 5) is 8.05. The van der Waals surface area contributed by atoms with Gasteiger partial charge in [-0.25, -0.2) is 0 Å². The largest absolute Gasteiger partial charge is 0.436 e. The molecule has 2 aromatic heterocycles. The predicted molar refractivity (Wildman–Crippen MR) is 68.3 cm³/mol. The Hall–Kier alpha value is -1.03. The first-order valence-corrected chi connectivity index (χ1v) is 5.82. The molecule has 0 atom stereocenters. The van der Waals surface area contributed by atoms with Gasteiger partial charge in [0.05, 0.1) is 10.7 Å². The summed E-state index contributed by atoms with van der Waals surface area (Å²) in [5.41, 5.74) is 0.733. The lowest BCUT2D eigenvalue weighted by atomic mass is 10.3. The second kappa shape index (κ2) is 5.08. The molecule has 0 aliphatic carbocycles. The lowest BCUT2D eigenvalue weighted by Gasteiger charge is -2.08. The third-order valence-corrected chi connectivity index (χ3v) is 2.96. The van der Waals surface area contributed by atoms with Crippen molar-refractivity contribution in [2.45, 2.75) is 6.92 Å². The molecule has 3 nitrogen and oxygen atoms in total. The molecule has 0 radical (unpaired) electrons. The van der Waals surface area contributed by atoms with Gasteiger partial charge >= 0.3 is 0 Å². The van der Waals surface area contributed by atoms with Crippen molar-refractivity contribution in [1.29, 1.82) is 0 Å². The standard InChI is InChI=1S/C11H7Cl3N2O/c1-6-9(3-2-4-15-6)17-11-8(13)5-7(12)10(14)16-11/h2-5H,1H3. The zero-order chi connectivity index (χ0) is 12.4. The van der Waals surface area contributed by atoms with Crippen LogP contribution in [-0.4, -0.2) is 9.97 Å². The maximum absolute atomic E-state index is 5.95. The van der Waals surface area contributed by atoms with Gasteiger partial charge in [-0.3, -0.25) is 4.98 Å². The monoisotopic (exact) mass is 288 g/mol. The van der Waals surface area contributed by atoms with Crippen LogP contribution in [0.5, 0.6) is 11.6 Å². The molecule has 0 amide bonds. The highest BCUT2D eigenvalue weighted by molar-refractivity contribution is 6.42. The number of aromatic nitrogens is 2. The smallest absolute Gasteiger partial charge is 0.239 e. The highest BCUT2D eigenvalue weighted by Gasteiger charge is 2.11. The third kappa shape index (κ3) is 2.80. The van der Waals surface area contributed by atoms with E-state index < -0.39 is 0 Å². The van der Waals surface area contributed by atoms with E-state index in [9.17, 15) is 0 Å². The topological polar surface area (TPSA) is 35.0 Å². The van der Waals surface area contributed by atoms with E-state index in [-0.39, 0.29) is 16.1 Å². The first-order chi connectivity index (χ1) is 8.08. The Morgan fingerprint density at radius 1 is 1.18 bits per heavy atom. The lowest BCUT2D eigenvalue weighted by molar-refractivity contribution is 0.457. The minimum Gasteiger partial charge on any atom is -0.436 e. The predicted octanol–water partition coefficient (Wildman–Crippen LogP) is 4.54. The second-order valence-electron chi connectivity index (χ2n) is 3.24. The van der Waals surface area contributed by atoms with Gasteiger partial charge in [0.15, 0.2) is 10.9 Å². The summed E-state index contributed by atoms with van der Waals surface area (Å²) in [6, 6.07) is 5.01. The number of nitrogens with zero attached hydrogens (tertiary/aromatic N) is 2. The quantitative estimate of drug-likeness (QED) is 0.761. The molecule has 2 heterocycles. The zero-order valence-electron chi connectivity index (χ0n) is 8.75. The van der Waals surface area contributed by atoms with Crippen molar-refractivity contribution in [2.24, 2.45) is 0 Å². The van der Waals surface area contributed by atoms with Gasteiger partial charge in [0.2, 0.25) is 5.88 Å². The van der Waals surface area contributed by atoms with Crippen LogP contribution in [-0.2, 0) is 0 Å². The summed E-state index contributed by atoms with van der Waals surface area (Å²) in [7, 11) is 0. The molecule has 0 unspecified atom stereocenters. The van der Waals surface area contributed by atoms with E-state index in [2.05, 4.69) is 9.97 Å². The summed E-state index contributed by atoms with van der Waals surface area (Å²) >= 11 is 17.5. The van der Waals surface area contributed by atoms with Gasteiger partial charge in [-0.1, -0.05) is 34.8 Å². The van der Waals surface area contributed by atoms with Crippen LogP contribution in [0.1, 0.15) is 5.69 Å². The van der Waals surface area contributed by atoms with Crippen molar-refractivity contribution in [3.8, 4) is 11.6 Å². The Morgan fingerprint density at radius 3 is 2.65 bits per heavy atom. The molecule has 0 spiro atoms. The molecule has 0 N–H and O–H groups in total. The van der Waals surface area contributed by atoms with Crippen molar-refractivity contribution in [2.75, 3.05) is 0 Å². The fraction of sp³-hybridized carbons (Fsp3) is 0.0909. The van der Waals surface area contributed by atoms with E-state index >= 15 is 0 Å². The lowest BCUT2D eigenvalue weighted by Crippen LogP contribution is -1.93. The second-order valence-corrected chi connectivity index (χ2v) is 4.41. The van der Waals surface area contributed by atoms with Crippen LogP contribution in [0.2, 0.25) is 15.2 Å². The Bertz CT molecular complexity index is 560. The Morgan fingerprint density at radius 2 is 1.94 bits per heavy atom. The molecular formula is C11H7Cl3N2O. The number of hydrogen-bond donors (Lipinski definition) is 0. The third-order valence-electron chi connectivity index (χ3n) is 2.02. The van der Waals surface area contributed by atoms with Gasteiger partial charge in [0.1, 0.15) is 5.02 Å². The van der Waals surface area contributed by atoms with Crippen molar-refractivity contribution in [1.82, 2.24) is 9.97 Å². The van der Waals surface area contributed by atoms with Gasteiger partial charge in [-0.05, 0) is 25.1 Å². The van der Waals surface area contributed by atoms with Gasteiger partial charge in [-0.15, -0.1) is 0 Å². The molecule has 88 valence electrons. The summed E-state index contributed by atoms with van der Waals surface area (Å²) in [5, 5.41) is 0.724. The average Bonchev–Trinajstić information content (AvgIpc) is 2.29. The van der Waals surface area contributed by atoms with E-state index in [1.165, 1.54) is 6.07 Å². The highest BCUT2D eigenvalue weighted by atomic mass is 35.5. The van der Waals surface area contributed by atoms with E-state index in [1.807, 2.05) is 6.92 Å². The number of aryl methyl sites for hydroxylation is 1. The molecule has 0 fully saturated rings. The number of ether oxygens (including phenoxy) is 1. The molecular weight excluding hydrogens is 282 g/mol. The Labute approximate surface area is 113 Å². The van der Waals surface area contributed by atoms with E-state index in [4.69, 9.17) is 39.5 Å². The van der Waals surface area contributed by atoms with Crippen molar-refractivity contribution in [3.05, 3.63) is 45.3 Å². The highest BCUT2D eigenvalue weighted by Crippen LogP contribution is 2.33. The SMILES string of the molecule is Cc1ncccc1Oc1nc(Cl)c(Cl)cc1Cl. The molecule has 0 aliphatic heterocycles. The van der Waals surface area contributed by atoms with Crippen molar-refractivity contribution < 1.29 is 4.74 Å². The first kappa shape index (κ1) is 12.4. The Kier molecular flexibility index (Phi) is 3.72. The molecule has 17 heavy (non-hydrogen) atoms. The van der Waals surface area contributed by atoms with E-state index in [1.54, 1.807) is 18.3 Å². The van der Waals surface area contributed by atoms with Gasteiger partial charge in [-0.2, -0.15) is 4.98 Å². The van der Waals surface area contributed by atoms with Crippen LogP contribution < -0.4 is 4.74 Å². The minimum absolute atomic E-state index is 0.146. The molecule has 2 rings (SSSR count). The zero-order valence-corrected chi connectivity index (χ0v) is 11.0. The summed E-state index contributed by atoms with van der Waals surface area (Å²) in [6.45, 7) is 1.82. The molecule has 2 aromatic rings. The number of rotatable bonds is 2. The summed E-state index contributed by atoms with van der Waals surface area (Å²) in [5.74, 6) is 0.775. The van der Waals surface area contributed by atoms with Crippen LogP contribution >= 0.6 is 34.8 Å². The maximum Gasteiger partial charge on any atom is 0.239 e. The van der Waals surface area contributed by atoms with Crippen molar-refractivity contribution in [3.63, 3.8) is 0 Å². The van der Waals surface area contributed by atoms with E-state index in [0.717, 1.165) is 5.69 Å². The van der Waals surface area contributed by atoms with Gasteiger partial charge < -0.3 is 4.74 Å². The Balaban J connectivity index is 2.37. The van der Waals surface area contributed by atoms with Crippen LogP contribution in [0.15, 0.2) is 24.4 Å². The van der Waals surface area contributed by atoms with Crippen LogP contribution in [0, 0.1) is 6.92 Å². The summed E-state index contributed by atoms with van der Waals surface area (Å²) in [6.07, 6.45) is 1.67. The molecule has 0 aliphatic rings. The number of hydrogen-bond acceptors (Lipinski definition) is 3. The normalized spacial score (nSPS) is 10.4. The van der Waals surface area contributed by atoms with Crippen LogP contribution in [0.3, 0.4) is 0 Å². The average molecular weight is 290 g/mol.